The van der Waals surface area contributed by atoms with Crippen LogP contribution in [0.25, 0.3) is 0 Å². The average Bonchev–Trinajstić information content (AvgIpc) is 2.52. The number of carbonyl (C=O) groups excluding carboxylic acids is 1. The molecular weight excluding hydrogens is 286 g/mol. The van der Waals surface area contributed by atoms with Gasteiger partial charge in [0.2, 0.25) is 0 Å². The molecule has 0 saturated carbocycles. The summed E-state index contributed by atoms with van der Waals surface area (Å²) in [5.74, 6) is -0.407. The number of nitrogens with zero attached hydrogens (tertiary/aromatic N) is 2. The van der Waals surface area contributed by atoms with Crippen LogP contribution in [0, 0.1) is 10.1 Å². The number of H-pyrrole nitrogens is 1. The van der Waals surface area contributed by atoms with Crippen molar-refractivity contribution in [3.8, 4) is 0 Å². The molecule has 0 radical (unpaired) electrons. The molecule has 1 aromatic carbocycles. The van der Waals surface area contributed by atoms with Crippen LogP contribution in [0.5, 0.6) is 0 Å². The largest absolute Gasteiger partial charge is 0.334 e. The summed E-state index contributed by atoms with van der Waals surface area (Å²) in [6.07, 6.45) is 1.45. The Balaban J connectivity index is 2.24. The minimum Gasteiger partial charge on any atom is -0.334 e. The van der Waals surface area contributed by atoms with Crippen LogP contribution >= 0.6 is 0 Å². The molecule has 1 heterocycles. The molecule has 0 unspecified atom stereocenters. The number of rotatable bonds is 5. The van der Waals surface area contributed by atoms with Crippen molar-refractivity contribution in [3.63, 3.8) is 0 Å². The van der Waals surface area contributed by atoms with Crippen molar-refractivity contribution < 1.29 is 9.72 Å². The number of hydrogen-bond donors (Lipinski definition) is 1. The highest BCUT2D eigenvalue weighted by Crippen LogP contribution is 2.15. The van der Waals surface area contributed by atoms with Crippen molar-refractivity contribution in [2.45, 2.75) is 13.5 Å². The molecule has 1 N–H and O–H groups in total. The number of carbonyl (C=O) groups is 1. The monoisotopic (exact) mass is 301 g/mol. The number of pyridine rings is 1. The van der Waals surface area contributed by atoms with Crippen LogP contribution in [0.2, 0.25) is 0 Å². The van der Waals surface area contributed by atoms with E-state index in [0.717, 1.165) is 0 Å². The average molecular weight is 301 g/mol. The van der Waals surface area contributed by atoms with Crippen molar-refractivity contribution in [2.75, 3.05) is 6.54 Å². The highest BCUT2D eigenvalue weighted by molar-refractivity contribution is 5.93. The lowest BCUT2D eigenvalue weighted by Gasteiger charge is -2.20. The first kappa shape index (κ1) is 15.4. The number of amides is 1. The summed E-state index contributed by atoms with van der Waals surface area (Å²) in [6, 6.07) is 9.13. The van der Waals surface area contributed by atoms with E-state index in [4.69, 9.17) is 0 Å². The number of non-ortho nitro benzene ring substituents is 1. The smallest absolute Gasteiger partial charge is 0.269 e. The fourth-order valence-electron chi connectivity index (χ4n) is 2.08. The van der Waals surface area contributed by atoms with Gasteiger partial charge in [0.15, 0.2) is 0 Å². The van der Waals surface area contributed by atoms with Gasteiger partial charge in [0.05, 0.1) is 4.92 Å². The lowest BCUT2D eigenvalue weighted by atomic mass is 10.1. The first-order valence-electron chi connectivity index (χ1n) is 6.73. The zero-order valence-corrected chi connectivity index (χ0v) is 12.0. The molecule has 0 atom stereocenters. The number of aromatic amines is 1. The molecule has 22 heavy (non-hydrogen) atoms. The van der Waals surface area contributed by atoms with Crippen molar-refractivity contribution in [1.82, 2.24) is 9.88 Å². The second-order valence-corrected chi connectivity index (χ2v) is 4.66. The van der Waals surface area contributed by atoms with E-state index < -0.39 is 16.4 Å². The molecule has 2 rings (SSSR count). The minimum atomic E-state index is -0.483. The summed E-state index contributed by atoms with van der Waals surface area (Å²) in [5, 5.41) is 10.8. The molecule has 0 spiro atoms. The molecular formula is C15H15N3O4. The van der Waals surface area contributed by atoms with Crippen LogP contribution < -0.4 is 5.56 Å². The van der Waals surface area contributed by atoms with E-state index in [2.05, 4.69) is 4.98 Å². The second kappa shape index (κ2) is 6.66. The number of hydrogen-bond acceptors (Lipinski definition) is 4. The van der Waals surface area contributed by atoms with Crippen molar-refractivity contribution in [3.05, 3.63) is 74.2 Å². The molecule has 1 aromatic heterocycles. The van der Waals surface area contributed by atoms with Crippen molar-refractivity contribution in [2.24, 2.45) is 0 Å². The third-order valence-electron chi connectivity index (χ3n) is 3.21. The van der Waals surface area contributed by atoms with Crippen LogP contribution in [0.1, 0.15) is 22.8 Å². The van der Waals surface area contributed by atoms with Crippen molar-refractivity contribution >= 4 is 11.6 Å². The summed E-state index contributed by atoms with van der Waals surface area (Å²) < 4.78 is 0. The Hall–Kier alpha value is -2.96. The molecule has 7 heteroatoms. The maximum atomic E-state index is 12.4. The lowest BCUT2D eigenvalue weighted by Crippen LogP contribution is -2.34. The van der Waals surface area contributed by atoms with E-state index in [1.807, 2.05) is 0 Å². The molecule has 114 valence electrons. The van der Waals surface area contributed by atoms with Gasteiger partial charge in [-0.25, -0.2) is 0 Å². The van der Waals surface area contributed by atoms with Crippen LogP contribution in [0.3, 0.4) is 0 Å². The van der Waals surface area contributed by atoms with Gasteiger partial charge in [0.1, 0.15) is 5.56 Å². The summed E-state index contributed by atoms with van der Waals surface area (Å²) in [5.41, 5.74) is 0.204. The number of nitrogens with one attached hydrogen (secondary N) is 1. The van der Waals surface area contributed by atoms with Gasteiger partial charge in [0.25, 0.3) is 17.2 Å². The Kier molecular flexibility index (Phi) is 4.67. The summed E-state index contributed by atoms with van der Waals surface area (Å²) >= 11 is 0. The Morgan fingerprint density at radius 2 is 2.09 bits per heavy atom. The molecule has 0 fully saturated rings. The Labute approximate surface area is 126 Å². The maximum absolute atomic E-state index is 12.4. The van der Waals surface area contributed by atoms with Gasteiger partial charge in [-0.1, -0.05) is 12.1 Å². The van der Waals surface area contributed by atoms with E-state index >= 15 is 0 Å². The summed E-state index contributed by atoms with van der Waals surface area (Å²) in [4.78, 5) is 38.3. The van der Waals surface area contributed by atoms with Crippen LogP contribution in [-0.2, 0) is 6.54 Å². The third-order valence-corrected chi connectivity index (χ3v) is 3.21. The quantitative estimate of drug-likeness (QED) is 0.674. The third kappa shape index (κ3) is 3.38. The van der Waals surface area contributed by atoms with Gasteiger partial charge in [-0.15, -0.1) is 0 Å². The number of nitro groups is 1. The van der Waals surface area contributed by atoms with Gasteiger partial charge >= 0.3 is 0 Å². The molecule has 2 aromatic rings. The van der Waals surface area contributed by atoms with Gasteiger partial charge < -0.3 is 9.88 Å². The zero-order chi connectivity index (χ0) is 16.1. The summed E-state index contributed by atoms with van der Waals surface area (Å²) in [6.45, 7) is 2.37. The van der Waals surface area contributed by atoms with Gasteiger partial charge in [-0.3, -0.25) is 19.7 Å². The number of nitro benzene ring substituents is 1. The van der Waals surface area contributed by atoms with Gasteiger partial charge in [0, 0.05) is 31.4 Å². The molecule has 0 aliphatic carbocycles. The fourth-order valence-corrected chi connectivity index (χ4v) is 2.08. The van der Waals surface area contributed by atoms with E-state index in [0.29, 0.717) is 12.1 Å². The predicted molar refractivity (Wildman–Crippen MR) is 80.6 cm³/mol. The highest BCUT2D eigenvalue weighted by atomic mass is 16.6. The molecule has 0 saturated heterocycles. The number of aromatic nitrogens is 1. The van der Waals surface area contributed by atoms with Crippen LogP contribution in [0.15, 0.2) is 47.4 Å². The minimum absolute atomic E-state index is 0.0291. The SMILES string of the molecule is CCN(Cc1cccc([N+](=O)[O-])c1)C(=O)c1ccc[nH]c1=O. The van der Waals surface area contributed by atoms with E-state index in [-0.39, 0.29) is 17.8 Å². The fraction of sp³-hybridized carbons (Fsp3) is 0.200. The Morgan fingerprint density at radius 1 is 1.32 bits per heavy atom. The summed E-state index contributed by atoms with van der Waals surface area (Å²) in [7, 11) is 0. The zero-order valence-electron chi connectivity index (χ0n) is 12.0. The van der Waals surface area contributed by atoms with E-state index in [1.54, 1.807) is 25.1 Å². The van der Waals surface area contributed by atoms with Crippen LogP contribution in [0.4, 0.5) is 5.69 Å². The molecule has 0 aliphatic heterocycles. The van der Waals surface area contributed by atoms with Crippen molar-refractivity contribution in [1.29, 1.82) is 0 Å². The van der Waals surface area contributed by atoms with Crippen LogP contribution in [-0.4, -0.2) is 27.3 Å². The van der Waals surface area contributed by atoms with E-state index in [9.17, 15) is 19.7 Å². The topological polar surface area (TPSA) is 96.3 Å². The normalized spacial score (nSPS) is 10.2. The highest BCUT2D eigenvalue weighted by Gasteiger charge is 2.18. The van der Waals surface area contributed by atoms with Gasteiger partial charge in [-0.2, -0.15) is 0 Å². The lowest BCUT2D eigenvalue weighted by molar-refractivity contribution is -0.384. The molecule has 0 bridgehead atoms. The van der Waals surface area contributed by atoms with E-state index in [1.165, 1.54) is 29.3 Å². The number of benzene rings is 1. The Bertz CT molecular complexity index is 754. The maximum Gasteiger partial charge on any atom is 0.269 e. The predicted octanol–water partition coefficient (Wildman–Crippen LogP) is 1.95. The first-order valence-corrected chi connectivity index (χ1v) is 6.73. The molecule has 7 nitrogen and oxygen atoms in total. The van der Waals surface area contributed by atoms with Gasteiger partial charge in [-0.05, 0) is 24.6 Å². The molecule has 0 aliphatic rings. The Morgan fingerprint density at radius 3 is 2.73 bits per heavy atom. The molecule has 1 amide bonds. The standard InChI is InChI=1S/C15H15N3O4/c1-2-17(15(20)13-7-4-8-16-14(13)19)10-11-5-3-6-12(9-11)18(21)22/h3-9H,2,10H2,1H3,(H,16,19). The second-order valence-electron chi connectivity index (χ2n) is 4.66. The first-order chi connectivity index (χ1) is 10.5.